The van der Waals surface area contributed by atoms with Gasteiger partial charge in [0.25, 0.3) is 0 Å². The number of hydrogen-bond acceptors (Lipinski definition) is 14. The number of nitrogens with one attached hydrogen (secondary N) is 8. The first-order valence-electron chi connectivity index (χ1n) is 31.5. The monoisotopic (exact) mass is 1380 g/mol. The number of carboxylic acids is 3. The van der Waals surface area contributed by atoms with E-state index in [1.54, 1.807) is 80.3 Å². The summed E-state index contributed by atoms with van der Waals surface area (Å²) in [5, 5.41) is 52.6. The van der Waals surface area contributed by atoms with Gasteiger partial charge < -0.3 is 72.2 Å². The molecular weight excluding hydrogens is 1280 g/mol. The first-order valence-corrected chi connectivity index (χ1v) is 32.3. The summed E-state index contributed by atoms with van der Waals surface area (Å²) in [6, 6.07) is 15.6. The van der Waals surface area contributed by atoms with E-state index in [0.29, 0.717) is 61.8 Å². The number of carbonyl (C=O) groups is 11. The Hall–Kier alpha value is -8.98. The van der Waals surface area contributed by atoms with Gasteiger partial charge in [0.05, 0.1) is 0 Å². The molecule has 516 valence electrons. The lowest BCUT2D eigenvalue weighted by molar-refractivity contribution is -0.141. The number of rotatable bonds is 43. The van der Waals surface area contributed by atoms with Crippen molar-refractivity contribution in [1.82, 2.24) is 47.4 Å². The quantitative estimate of drug-likeness (QED) is 0.0116. The lowest BCUT2D eigenvalue weighted by Crippen LogP contribution is -2.57. The Balaban J connectivity index is 1.66. The van der Waals surface area contributed by atoms with Crippen molar-refractivity contribution in [1.29, 1.82) is 0 Å². The summed E-state index contributed by atoms with van der Waals surface area (Å²) < 4.78 is 12.2. The van der Waals surface area contributed by atoms with Crippen molar-refractivity contribution in [3.05, 3.63) is 110 Å². The van der Waals surface area contributed by atoms with Crippen LogP contribution >= 0.6 is 15.9 Å². The van der Waals surface area contributed by atoms with Gasteiger partial charge in [-0.1, -0.05) is 82.1 Å². The molecule has 0 aromatic heterocycles. The summed E-state index contributed by atoms with van der Waals surface area (Å²) in [4.78, 5) is 147. The summed E-state index contributed by atoms with van der Waals surface area (Å²) in [5.41, 5.74) is 9.66. The van der Waals surface area contributed by atoms with E-state index in [-0.39, 0.29) is 96.5 Å². The fourth-order valence-electron chi connectivity index (χ4n) is 9.31. The van der Waals surface area contributed by atoms with Crippen LogP contribution in [-0.4, -0.2) is 160 Å². The Morgan fingerprint density at radius 1 is 0.532 bits per heavy atom. The van der Waals surface area contributed by atoms with Gasteiger partial charge in [-0.2, -0.15) is 0 Å². The number of azide groups is 1. The van der Waals surface area contributed by atoms with E-state index in [9.17, 15) is 63.0 Å². The van der Waals surface area contributed by atoms with Crippen LogP contribution in [0.4, 0.5) is 9.59 Å². The highest BCUT2D eigenvalue weighted by Gasteiger charge is 2.31. The molecule has 0 fully saturated rings. The molecule has 9 amide bonds. The Morgan fingerprint density at radius 2 is 1.07 bits per heavy atom. The third-order valence-electron chi connectivity index (χ3n) is 14.0. The minimum Gasteiger partial charge on any atom is -0.488 e. The number of nitrogens with zero attached hydrogens (tertiary/aromatic N) is 4. The molecule has 0 aliphatic carbocycles. The van der Waals surface area contributed by atoms with E-state index < -0.39 is 114 Å². The van der Waals surface area contributed by atoms with Crippen LogP contribution in [-0.2, 0) is 67.3 Å². The van der Waals surface area contributed by atoms with Crippen molar-refractivity contribution < 1.29 is 77.5 Å². The Bertz CT molecular complexity index is 2990. The van der Waals surface area contributed by atoms with Crippen molar-refractivity contribution in [2.75, 3.05) is 32.7 Å². The smallest absolute Gasteiger partial charge is 0.407 e. The summed E-state index contributed by atoms with van der Waals surface area (Å²) in [7, 11) is 0. The molecule has 5 unspecified atom stereocenters. The molecule has 29 heteroatoms. The van der Waals surface area contributed by atoms with Gasteiger partial charge >= 0.3 is 30.0 Å². The number of urea groups is 1. The molecule has 94 heavy (non-hydrogen) atoms. The second-order valence-corrected chi connectivity index (χ2v) is 25.4. The topological polar surface area (TPSA) is 415 Å². The van der Waals surface area contributed by atoms with Crippen LogP contribution < -0.4 is 47.3 Å². The van der Waals surface area contributed by atoms with Crippen LogP contribution in [0.25, 0.3) is 10.4 Å². The zero-order chi connectivity index (χ0) is 69.6. The molecule has 0 radical (unpaired) electrons. The molecule has 3 rings (SSSR count). The third-order valence-corrected chi connectivity index (χ3v) is 14.5. The molecule has 0 aliphatic rings. The van der Waals surface area contributed by atoms with Crippen LogP contribution in [0.1, 0.15) is 155 Å². The number of hydrogen-bond donors (Lipinski definition) is 11. The molecule has 0 bridgehead atoms. The highest BCUT2D eigenvalue weighted by atomic mass is 79.9. The molecule has 28 nitrogen and oxygen atoms in total. The number of carbonyl (C=O) groups excluding carboxylic acids is 8. The van der Waals surface area contributed by atoms with E-state index in [0.717, 1.165) is 10.0 Å². The van der Waals surface area contributed by atoms with Crippen LogP contribution in [0.5, 0.6) is 5.75 Å². The number of amides is 9. The second kappa shape index (κ2) is 42.3. The van der Waals surface area contributed by atoms with Crippen molar-refractivity contribution in [3.8, 4) is 5.75 Å². The van der Waals surface area contributed by atoms with E-state index in [4.69, 9.17) is 20.1 Å². The normalized spacial score (nSPS) is 12.7. The first-order chi connectivity index (χ1) is 44.5. The molecule has 3 aromatic carbocycles. The molecular formula is C65H93BrN12O16. The van der Waals surface area contributed by atoms with Crippen LogP contribution in [0, 0.1) is 0 Å². The van der Waals surface area contributed by atoms with Crippen molar-refractivity contribution in [2.24, 2.45) is 5.11 Å². The molecule has 0 heterocycles. The van der Waals surface area contributed by atoms with Gasteiger partial charge in [-0.05, 0) is 152 Å². The van der Waals surface area contributed by atoms with Gasteiger partial charge in [0.1, 0.15) is 47.2 Å². The standard InChI is InChI=1S/C65H93BrN12O16/c1-64(2,3)93-47-29-25-44(26-30-47)41-52(59(86)73-48(57(84)69-37-17-38-71-77-67)20-12-15-36-70-63(92)94-65(4,5)6)74-58(85)51(40-43-18-9-7-10-19-43)72-54(80)33-32-53(79)68-35-14-8-11-22-55(81)78(42-45-23-27-46(66)28-24-45)39-16-13-21-49(60(87)88)75-62(91)76-50(61(89)90)31-34-56(82)83/h7,9-10,18-19,23-30,48-52H,8,11-17,20-22,31-42H2,1-6H3,(H,68,79)(H,69,84)(H,70,92)(H,72,80)(H,73,86)(H,74,85)(H,82,83)(H,87,88)(H,89,90)(H2,75,76,91). The first kappa shape index (κ1) is 79.3. The van der Waals surface area contributed by atoms with Crippen LogP contribution in [0.15, 0.2) is 88.4 Å². The maximum absolute atomic E-state index is 14.5. The average Bonchev–Trinajstić information content (AvgIpc) is 1.14. The molecule has 11 N–H and O–H groups in total. The zero-order valence-corrected chi connectivity index (χ0v) is 56.1. The Labute approximate surface area is 556 Å². The van der Waals surface area contributed by atoms with Crippen molar-refractivity contribution in [2.45, 2.75) is 199 Å². The summed E-state index contributed by atoms with van der Waals surface area (Å²) >= 11 is 3.41. The van der Waals surface area contributed by atoms with E-state index in [2.05, 4.69) is 68.5 Å². The van der Waals surface area contributed by atoms with Crippen LogP contribution in [0.2, 0.25) is 0 Å². The largest absolute Gasteiger partial charge is 0.488 e. The van der Waals surface area contributed by atoms with E-state index in [1.807, 2.05) is 45.0 Å². The lowest BCUT2D eigenvalue weighted by atomic mass is 10.0. The number of halogens is 1. The average molecular weight is 1380 g/mol. The van der Waals surface area contributed by atoms with E-state index >= 15 is 0 Å². The predicted molar refractivity (Wildman–Crippen MR) is 352 cm³/mol. The second-order valence-electron chi connectivity index (χ2n) is 24.4. The molecule has 0 spiro atoms. The molecule has 0 saturated heterocycles. The number of benzene rings is 3. The van der Waals surface area contributed by atoms with Gasteiger partial charge in [-0.15, -0.1) is 0 Å². The predicted octanol–water partition coefficient (Wildman–Crippen LogP) is 7.10. The maximum Gasteiger partial charge on any atom is 0.407 e. The highest BCUT2D eigenvalue weighted by molar-refractivity contribution is 9.10. The van der Waals surface area contributed by atoms with Gasteiger partial charge in [-0.3, -0.25) is 33.6 Å². The van der Waals surface area contributed by atoms with Gasteiger partial charge in [0.15, 0.2) is 0 Å². The summed E-state index contributed by atoms with van der Waals surface area (Å²) in [5.74, 6) is -6.71. The zero-order valence-electron chi connectivity index (χ0n) is 54.5. The maximum atomic E-state index is 14.5. The summed E-state index contributed by atoms with van der Waals surface area (Å²) in [6.07, 6.45) is 1.42. The fourth-order valence-corrected chi connectivity index (χ4v) is 9.58. The van der Waals surface area contributed by atoms with Gasteiger partial charge in [0.2, 0.25) is 35.4 Å². The minimum absolute atomic E-state index is 0.00666. The number of alkyl carbamates (subject to hydrolysis) is 1. The third kappa shape index (κ3) is 35.2. The minimum atomic E-state index is -1.55. The van der Waals surface area contributed by atoms with Gasteiger partial charge in [0, 0.05) is 87.2 Å². The summed E-state index contributed by atoms with van der Waals surface area (Å²) in [6.45, 7) is 12.2. The van der Waals surface area contributed by atoms with E-state index in [1.165, 1.54) is 0 Å². The Kier molecular flexibility index (Phi) is 35.7. The Morgan fingerprint density at radius 3 is 1.68 bits per heavy atom. The van der Waals surface area contributed by atoms with Crippen molar-refractivity contribution in [3.63, 3.8) is 0 Å². The number of unbranched alkanes of at least 4 members (excludes halogenated alkanes) is 4. The van der Waals surface area contributed by atoms with Gasteiger partial charge in [-0.25, -0.2) is 19.2 Å². The molecule has 0 aliphatic heterocycles. The molecule has 3 aromatic rings. The SMILES string of the molecule is CC(C)(C)OC(=O)NCCCCC(NC(=O)C(Cc1ccc(OC(C)(C)C)cc1)NC(=O)C(Cc1ccccc1)NC(=O)CCC(=O)NCCCCCC(=O)N(CCCCC(NC(=O)NC(CCC(=O)O)C(=O)O)C(=O)O)Cc1ccc(Br)cc1)C(=O)NCCCN=[N+]=[N-]. The highest BCUT2D eigenvalue weighted by Crippen LogP contribution is 2.21. The molecule has 0 saturated carbocycles. The van der Waals surface area contributed by atoms with Crippen LogP contribution in [0.3, 0.4) is 0 Å². The van der Waals surface area contributed by atoms with Crippen molar-refractivity contribution >= 4 is 81.4 Å². The number of aliphatic carboxylic acids is 3. The molecule has 5 atom stereocenters. The lowest BCUT2D eigenvalue weighted by Gasteiger charge is -2.26. The fraction of sp³-hybridized carbons (Fsp3) is 0.554. The number of ether oxygens (including phenoxy) is 2. The number of carboxylic acid groups (broad SMARTS) is 3.